The van der Waals surface area contributed by atoms with Crippen molar-refractivity contribution in [1.29, 1.82) is 0 Å². The fourth-order valence-electron chi connectivity index (χ4n) is 2.70. The van der Waals surface area contributed by atoms with Crippen molar-refractivity contribution in [3.05, 3.63) is 54.3 Å². The Labute approximate surface area is 173 Å². The van der Waals surface area contributed by atoms with E-state index in [2.05, 4.69) is 20.8 Å². The third-order valence-electron chi connectivity index (χ3n) is 4.10. The SMILES string of the molecule is CCNC(=O)[C@H](C)NC(=O)CSc1nnc(-c2ccco2)n1Cc1ccccc1. The van der Waals surface area contributed by atoms with E-state index in [-0.39, 0.29) is 17.6 Å². The van der Waals surface area contributed by atoms with E-state index in [1.165, 1.54) is 11.8 Å². The van der Waals surface area contributed by atoms with Crippen LogP contribution in [0.4, 0.5) is 0 Å². The zero-order valence-electron chi connectivity index (χ0n) is 16.3. The minimum Gasteiger partial charge on any atom is -0.461 e. The lowest BCUT2D eigenvalue weighted by atomic mass is 10.2. The molecular weight excluding hydrogens is 390 g/mol. The zero-order valence-corrected chi connectivity index (χ0v) is 17.1. The highest BCUT2D eigenvalue weighted by Gasteiger charge is 2.19. The van der Waals surface area contributed by atoms with E-state index >= 15 is 0 Å². The highest BCUT2D eigenvalue weighted by Crippen LogP contribution is 2.25. The summed E-state index contributed by atoms with van der Waals surface area (Å²) < 4.78 is 7.40. The van der Waals surface area contributed by atoms with Crippen molar-refractivity contribution in [2.45, 2.75) is 31.6 Å². The topological polar surface area (TPSA) is 102 Å². The highest BCUT2D eigenvalue weighted by molar-refractivity contribution is 7.99. The normalized spacial score (nSPS) is 11.8. The number of hydrogen-bond donors (Lipinski definition) is 2. The van der Waals surface area contributed by atoms with Crippen LogP contribution in [0.1, 0.15) is 19.4 Å². The first-order valence-corrected chi connectivity index (χ1v) is 10.3. The van der Waals surface area contributed by atoms with Crippen molar-refractivity contribution in [3.63, 3.8) is 0 Å². The van der Waals surface area contributed by atoms with Crippen LogP contribution in [0, 0.1) is 0 Å². The quantitative estimate of drug-likeness (QED) is 0.522. The molecule has 0 spiro atoms. The van der Waals surface area contributed by atoms with Gasteiger partial charge in [0.2, 0.25) is 17.6 Å². The fraction of sp³-hybridized carbons (Fsp3) is 0.300. The average Bonchev–Trinajstić information content (AvgIpc) is 3.37. The maximum absolute atomic E-state index is 12.3. The maximum atomic E-state index is 12.3. The molecule has 9 heteroatoms. The van der Waals surface area contributed by atoms with Gasteiger partial charge < -0.3 is 15.1 Å². The molecule has 2 N–H and O–H groups in total. The zero-order chi connectivity index (χ0) is 20.6. The Morgan fingerprint density at radius 3 is 2.66 bits per heavy atom. The molecule has 0 bridgehead atoms. The average molecular weight is 414 g/mol. The standard InChI is InChI=1S/C20H23N5O3S/c1-3-21-19(27)14(2)22-17(26)13-29-20-24-23-18(16-10-7-11-28-16)25(20)12-15-8-5-4-6-9-15/h4-11,14H,3,12-13H2,1-2H3,(H,21,27)(H,22,26)/t14-/m0/s1. The Balaban J connectivity index is 1.72. The third-order valence-corrected chi connectivity index (χ3v) is 5.06. The van der Waals surface area contributed by atoms with Crippen LogP contribution in [0.3, 0.4) is 0 Å². The summed E-state index contributed by atoms with van der Waals surface area (Å²) in [6.45, 7) is 4.55. The second-order valence-electron chi connectivity index (χ2n) is 6.33. The fourth-order valence-corrected chi connectivity index (χ4v) is 3.45. The molecule has 152 valence electrons. The molecule has 3 rings (SSSR count). The molecule has 0 aliphatic carbocycles. The van der Waals surface area contributed by atoms with Crippen LogP contribution in [0.2, 0.25) is 0 Å². The second-order valence-corrected chi connectivity index (χ2v) is 7.27. The molecule has 8 nitrogen and oxygen atoms in total. The molecule has 0 aliphatic rings. The van der Waals surface area contributed by atoms with Crippen molar-refractivity contribution in [1.82, 2.24) is 25.4 Å². The molecule has 2 amide bonds. The number of likely N-dealkylation sites (N-methyl/N-ethyl adjacent to an activating group) is 1. The predicted molar refractivity (Wildman–Crippen MR) is 110 cm³/mol. The van der Waals surface area contributed by atoms with Gasteiger partial charge >= 0.3 is 0 Å². The number of carbonyl (C=O) groups excluding carboxylic acids is 2. The molecule has 0 unspecified atom stereocenters. The summed E-state index contributed by atoms with van der Waals surface area (Å²) in [6.07, 6.45) is 1.58. The number of hydrogen-bond acceptors (Lipinski definition) is 6. The summed E-state index contributed by atoms with van der Waals surface area (Å²) in [5.41, 5.74) is 1.08. The van der Waals surface area contributed by atoms with Crippen molar-refractivity contribution in [2.75, 3.05) is 12.3 Å². The van der Waals surface area contributed by atoms with Gasteiger partial charge in [0.1, 0.15) is 6.04 Å². The smallest absolute Gasteiger partial charge is 0.242 e. The van der Waals surface area contributed by atoms with Crippen LogP contribution in [0.25, 0.3) is 11.6 Å². The molecule has 2 aromatic heterocycles. The summed E-state index contributed by atoms with van der Waals surface area (Å²) in [4.78, 5) is 24.0. The van der Waals surface area contributed by atoms with Gasteiger partial charge in [-0.2, -0.15) is 0 Å². The Kier molecular flexibility index (Phi) is 7.07. The van der Waals surface area contributed by atoms with E-state index in [9.17, 15) is 9.59 Å². The number of nitrogens with one attached hydrogen (secondary N) is 2. The van der Waals surface area contributed by atoms with E-state index < -0.39 is 6.04 Å². The number of carbonyl (C=O) groups is 2. The first-order chi connectivity index (χ1) is 14.1. The van der Waals surface area contributed by atoms with Gasteiger partial charge in [-0.05, 0) is 31.5 Å². The molecule has 0 saturated heterocycles. The molecule has 29 heavy (non-hydrogen) atoms. The van der Waals surface area contributed by atoms with Crippen LogP contribution >= 0.6 is 11.8 Å². The lowest BCUT2D eigenvalue weighted by Crippen LogP contribution is -2.45. The van der Waals surface area contributed by atoms with E-state index in [0.717, 1.165) is 5.56 Å². The number of nitrogens with zero attached hydrogens (tertiary/aromatic N) is 3. The third kappa shape index (κ3) is 5.47. The van der Waals surface area contributed by atoms with E-state index in [0.29, 0.717) is 29.8 Å². The van der Waals surface area contributed by atoms with Crippen LogP contribution in [0.5, 0.6) is 0 Å². The lowest BCUT2D eigenvalue weighted by molar-refractivity contribution is -0.127. The van der Waals surface area contributed by atoms with Crippen molar-refractivity contribution in [2.24, 2.45) is 0 Å². The minimum atomic E-state index is -0.594. The van der Waals surface area contributed by atoms with Crippen LogP contribution in [-0.4, -0.2) is 44.9 Å². The van der Waals surface area contributed by atoms with Gasteiger partial charge in [-0.25, -0.2) is 0 Å². The maximum Gasteiger partial charge on any atom is 0.242 e. The van der Waals surface area contributed by atoms with Gasteiger partial charge in [-0.1, -0.05) is 42.1 Å². The van der Waals surface area contributed by atoms with E-state index in [4.69, 9.17) is 4.42 Å². The summed E-state index contributed by atoms with van der Waals surface area (Å²) in [5.74, 6) is 0.863. The first-order valence-electron chi connectivity index (χ1n) is 9.29. The van der Waals surface area contributed by atoms with Crippen molar-refractivity contribution < 1.29 is 14.0 Å². The summed E-state index contributed by atoms with van der Waals surface area (Å²) in [6, 6.07) is 12.9. The summed E-state index contributed by atoms with van der Waals surface area (Å²) in [7, 11) is 0. The summed E-state index contributed by atoms with van der Waals surface area (Å²) in [5, 5.41) is 14.5. The predicted octanol–water partition coefficient (Wildman–Crippen LogP) is 2.32. The Morgan fingerprint density at radius 2 is 1.97 bits per heavy atom. The highest BCUT2D eigenvalue weighted by atomic mass is 32.2. The number of thioether (sulfide) groups is 1. The molecule has 0 aliphatic heterocycles. The summed E-state index contributed by atoms with van der Waals surface area (Å²) >= 11 is 1.26. The lowest BCUT2D eigenvalue weighted by Gasteiger charge is -2.13. The Bertz CT molecular complexity index is 940. The molecule has 0 saturated carbocycles. The number of rotatable bonds is 9. The molecule has 0 radical (unpaired) electrons. The van der Waals surface area contributed by atoms with Crippen molar-refractivity contribution >= 4 is 23.6 Å². The van der Waals surface area contributed by atoms with E-state index in [1.54, 1.807) is 19.3 Å². The van der Waals surface area contributed by atoms with Gasteiger partial charge in [-0.3, -0.25) is 14.2 Å². The molecule has 2 heterocycles. The number of amides is 2. The number of furan rings is 1. The molecule has 1 aromatic carbocycles. The van der Waals surface area contributed by atoms with Crippen LogP contribution in [-0.2, 0) is 16.1 Å². The minimum absolute atomic E-state index is 0.120. The largest absolute Gasteiger partial charge is 0.461 e. The van der Waals surface area contributed by atoms with Gasteiger partial charge in [-0.15, -0.1) is 10.2 Å². The van der Waals surface area contributed by atoms with E-state index in [1.807, 2.05) is 47.9 Å². The molecular formula is C20H23N5O3S. The Hall–Kier alpha value is -3.07. The van der Waals surface area contributed by atoms with Crippen LogP contribution < -0.4 is 10.6 Å². The first kappa shape index (κ1) is 20.7. The van der Waals surface area contributed by atoms with Gasteiger partial charge in [0.15, 0.2) is 10.9 Å². The van der Waals surface area contributed by atoms with Crippen molar-refractivity contribution in [3.8, 4) is 11.6 Å². The molecule has 3 aromatic rings. The van der Waals surface area contributed by atoms with Crippen LogP contribution in [0.15, 0.2) is 58.3 Å². The van der Waals surface area contributed by atoms with Gasteiger partial charge in [0.25, 0.3) is 0 Å². The second kappa shape index (κ2) is 9.92. The van der Waals surface area contributed by atoms with Gasteiger partial charge in [0.05, 0.1) is 18.6 Å². The number of benzene rings is 1. The monoisotopic (exact) mass is 413 g/mol. The molecule has 0 fully saturated rings. The molecule has 1 atom stereocenters. The number of aromatic nitrogens is 3. The Morgan fingerprint density at radius 1 is 1.17 bits per heavy atom. The van der Waals surface area contributed by atoms with Gasteiger partial charge in [0, 0.05) is 6.54 Å².